The minimum atomic E-state index is -0.350. The van der Waals surface area contributed by atoms with Crippen molar-refractivity contribution in [3.05, 3.63) is 65.4 Å². The number of benzene rings is 1. The predicted molar refractivity (Wildman–Crippen MR) is 108 cm³/mol. The maximum absolute atomic E-state index is 14.1. The fourth-order valence-corrected chi connectivity index (χ4v) is 3.87. The van der Waals surface area contributed by atoms with Crippen LogP contribution in [-0.4, -0.2) is 47.0 Å². The summed E-state index contributed by atoms with van der Waals surface area (Å²) in [5, 5.41) is 10.3. The summed E-state index contributed by atoms with van der Waals surface area (Å²) in [6.45, 7) is 4.18. The van der Waals surface area contributed by atoms with Gasteiger partial charge in [-0.05, 0) is 43.2 Å². The van der Waals surface area contributed by atoms with E-state index >= 15 is 0 Å². The molecule has 29 heavy (non-hydrogen) atoms. The zero-order chi connectivity index (χ0) is 20.4. The third-order valence-corrected chi connectivity index (χ3v) is 5.25. The fraction of sp³-hybridized carbons (Fsp3) is 0.273. The third kappa shape index (κ3) is 3.61. The zero-order valence-corrected chi connectivity index (χ0v) is 16.1. The summed E-state index contributed by atoms with van der Waals surface area (Å²) in [6.07, 6.45) is 5.51. The average molecular weight is 389 g/mol. The number of carbonyl (C=O) groups is 1. The van der Waals surface area contributed by atoms with Crippen LogP contribution in [0.1, 0.15) is 27.9 Å². The molecule has 1 aliphatic heterocycles. The van der Waals surface area contributed by atoms with Crippen molar-refractivity contribution in [1.82, 2.24) is 14.9 Å². The highest BCUT2D eigenvalue weighted by Crippen LogP contribution is 2.32. The van der Waals surface area contributed by atoms with Gasteiger partial charge in [0.15, 0.2) is 0 Å². The van der Waals surface area contributed by atoms with E-state index in [0.717, 1.165) is 12.0 Å². The molecule has 4 rings (SSSR count). The highest BCUT2D eigenvalue weighted by Gasteiger charge is 2.23. The van der Waals surface area contributed by atoms with Gasteiger partial charge in [-0.25, -0.2) is 4.39 Å². The molecule has 0 unspecified atom stereocenters. The standard InChI is InChI=1S/C22H20FN5O/c1-15-11-18(23)12-19-20(15)26-14-17(13-24)21(19)27-7-2-8-28(10-9-27)22(29)16-3-5-25-6-4-16/h3-6,11-12,14H,2,7-10H2,1H3. The quantitative estimate of drug-likeness (QED) is 0.672. The number of rotatable bonds is 2. The molecule has 2 aromatic heterocycles. The molecule has 146 valence electrons. The Hall–Kier alpha value is -3.53. The molecule has 0 atom stereocenters. The van der Waals surface area contributed by atoms with Crippen molar-refractivity contribution < 1.29 is 9.18 Å². The summed E-state index contributed by atoms with van der Waals surface area (Å²) in [4.78, 5) is 25.0. The smallest absolute Gasteiger partial charge is 0.254 e. The fourth-order valence-electron chi connectivity index (χ4n) is 3.87. The number of pyridine rings is 2. The van der Waals surface area contributed by atoms with Crippen molar-refractivity contribution in [2.75, 3.05) is 31.1 Å². The van der Waals surface area contributed by atoms with Crippen LogP contribution in [0, 0.1) is 24.1 Å². The Labute approximate surface area is 168 Å². The first-order valence-electron chi connectivity index (χ1n) is 9.51. The molecule has 6 nitrogen and oxygen atoms in total. The maximum Gasteiger partial charge on any atom is 0.254 e. The van der Waals surface area contributed by atoms with Crippen LogP contribution in [0.25, 0.3) is 10.9 Å². The second-order valence-corrected chi connectivity index (χ2v) is 7.12. The number of halogens is 1. The van der Waals surface area contributed by atoms with Crippen LogP contribution in [0.2, 0.25) is 0 Å². The molecule has 0 saturated carbocycles. The molecule has 1 aliphatic rings. The van der Waals surface area contributed by atoms with Gasteiger partial charge in [-0.3, -0.25) is 14.8 Å². The minimum absolute atomic E-state index is 0.0313. The van der Waals surface area contributed by atoms with E-state index in [9.17, 15) is 14.4 Å². The Morgan fingerprint density at radius 3 is 2.72 bits per heavy atom. The van der Waals surface area contributed by atoms with E-state index in [1.54, 1.807) is 30.7 Å². The first kappa shape index (κ1) is 18.8. The third-order valence-electron chi connectivity index (χ3n) is 5.25. The monoisotopic (exact) mass is 389 g/mol. The summed E-state index contributed by atoms with van der Waals surface area (Å²) in [6, 6.07) is 8.50. The number of anilines is 1. The van der Waals surface area contributed by atoms with Gasteiger partial charge in [0.2, 0.25) is 0 Å². The summed E-state index contributed by atoms with van der Waals surface area (Å²) in [7, 11) is 0. The van der Waals surface area contributed by atoms with Crippen LogP contribution in [0.5, 0.6) is 0 Å². The summed E-state index contributed by atoms with van der Waals surface area (Å²) >= 11 is 0. The van der Waals surface area contributed by atoms with E-state index in [-0.39, 0.29) is 11.7 Å². The number of nitriles is 1. The van der Waals surface area contributed by atoms with Crippen molar-refractivity contribution in [2.45, 2.75) is 13.3 Å². The molecule has 0 aliphatic carbocycles. The molecule has 1 saturated heterocycles. The average Bonchev–Trinajstić information content (AvgIpc) is 2.99. The van der Waals surface area contributed by atoms with E-state index in [1.807, 2.05) is 11.8 Å². The van der Waals surface area contributed by atoms with Gasteiger partial charge in [0.05, 0.1) is 16.8 Å². The van der Waals surface area contributed by atoms with Gasteiger partial charge < -0.3 is 9.80 Å². The first-order chi connectivity index (χ1) is 14.1. The molecule has 0 spiro atoms. The van der Waals surface area contributed by atoms with Gasteiger partial charge in [0.25, 0.3) is 5.91 Å². The molecule has 0 radical (unpaired) electrons. The van der Waals surface area contributed by atoms with Gasteiger partial charge in [0.1, 0.15) is 11.9 Å². The SMILES string of the molecule is Cc1cc(F)cc2c(N3CCCN(C(=O)c4ccncc4)CC3)c(C#N)cnc12. The van der Waals surface area contributed by atoms with Crippen LogP contribution in [0.3, 0.4) is 0 Å². The topological polar surface area (TPSA) is 73.1 Å². The van der Waals surface area contributed by atoms with E-state index in [2.05, 4.69) is 20.9 Å². The van der Waals surface area contributed by atoms with Gasteiger partial charge in [-0.1, -0.05) is 0 Å². The normalized spacial score (nSPS) is 14.5. The lowest BCUT2D eigenvalue weighted by Gasteiger charge is -2.26. The Morgan fingerprint density at radius 1 is 1.17 bits per heavy atom. The van der Waals surface area contributed by atoms with Gasteiger partial charge in [-0.2, -0.15) is 5.26 Å². The number of fused-ring (bicyclic) bond motifs is 1. The number of nitrogens with zero attached hydrogens (tertiary/aromatic N) is 5. The first-order valence-corrected chi connectivity index (χ1v) is 9.51. The lowest BCUT2D eigenvalue weighted by molar-refractivity contribution is 0.0767. The van der Waals surface area contributed by atoms with Crippen LogP contribution in [-0.2, 0) is 0 Å². The van der Waals surface area contributed by atoms with Crippen molar-refractivity contribution in [1.29, 1.82) is 5.26 Å². The number of aromatic nitrogens is 2. The second kappa shape index (κ2) is 7.84. The summed E-state index contributed by atoms with van der Waals surface area (Å²) in [5.74, 6) is -0.381. The molecule has 3 aromatic rings. The molecular formula is C22H20FN5O. The lowest BCUT2D eigenvalue weighted by Crippen LogP contribution is -2.35. The van der Waals surface area contributed by atoms with Crippen molar-refractivity contribution in [3.63, 3.8) is 0 Å². The van der Waals surface area contributed by atoms with Gasteiger partial charge in [0, 0.05) is 55.7 Å². The zero-order valence-electron chi connectivity index (χ0n) is 16.1. The van der Waals surface area contributed by atoms with E-state index < -0.39 is 0 Å². The van der Waals surface area contributed by atoms with Crippen LogP contribution in [0.15, 0.2) is 42.9 Å². The molecule has 1 aromatic carbocycles. The highest BCUT2D eigenvalue weighted by atomic mass is 19.1. The number of hydrogen-bond donors (Lipinski definition) is 0. The second-order valence-electron chi connectivity index (χ2n) is 7.12. The number of carbonyl (C=O) groups excluding carboxylic acids is 1. The van der Waals surface area contributed by atoms with E-state index in [4.69, 9.17) is 0 Å². The molecule has 1 fully saturated rings. The highest BCUT2D eigenvalue weighted by molar-refractivity contribution is 5.96. The molecule has 1 amide bonds. The van der Waals surface area contributed by atoms with Gasteiger partial charge >= 0.3 is 0 Å². The molecule has 7 heteroatoms. The van der Waals surface area contributed by atoms with Crippen molar-refractivity contribution >= 4 is 22.5 Å². The van der Waals surface area contributed by atoms with Crippen LogP contribution >= 0.6 is 0 Å². The number of amides is 1. The van der Waals surface area contributed by atoms with Crippen molar-refractivity contribution in [2.24, 2.45) is 0 Å². The number of hydrogen-bond acceptors (Lipinski definition) is 5. The molecular weight excluding hydrogens is 369 g/mol. The molecule has 0 N–H and O–H groups in total. The Bertz CT molecular complexity index is 1110. The van der Waals surface area contributed by atoms with E-state index in [0.29, 0.717) is 53.9 Å². The van der Waals surface area contributed by atoms with Crippen LogP contribution in [0.4, 0.5) is 10.1 Å². The lowest BCUT2D eigenvalue weighted by atomic mass is 10.0. The van der Waals surface area contributed by atoms with E-state index in [1.165, 1.54) is 12.1 Å². The summed E-state index contributed by atoms with van der Waals surface area (Å²) in [5.41, 5.74) is 3.14. The molecule has 3 heterocycles. The Balaban J connectivity index is 1.67. The number of aryl methyl sites for hydroxylation is 1. The Kier molecular flexibility index (Phi) is 5.09. The molecule has 0 bridgehead atoms. The van der Waals surface area contributed by atoms with Gasteiger partial charge in [-0.15, -0.1) is 0 Å². The van der Waals surface area contributed by atoms with Crippen LogP contribution < -0.4 is 4.90 Å². The predicted octanol–water partition coefficient (Wildman–Crippen LogP) is 3.30. The maximum atomic E-state index is 14.1. The minimum Gasteiger partial charge on any atom is -0.368 e. The van der Waals surface area contributed by atoms with Crippen molar-refractivity contribution in [3.8, 4) is 6.07 Å². The Morgan fingerprint density at radius 2 is 1.97 bits per heavy atom. The largest absolute Gasteiger partial charge is 0.368 e. The summed E-state index contributed by atoms with van der Waals surface area (Å²) < 4.78 is 14.1.